The van der Waals surface area contributed by atoms with Crippen LogP contribution in [-0.2, 0) is 0 Å². The van der Waals surface area contributed by atoms with Crippen molar-refractivity contribution < 1.29 is 4.74 Å². The van der Waals surface area contributed by atoms with Crippen LogP contribution in [-0.4, -0.2) is 17.8 Å². The Kier molecular flexibility index (Phi) is 2.45. The number of para-hydroxylation sites is 1. The monoisotopic (exact) mass is 184 g/mol. The minimum atomic E-state index is 0.377. The molecule has 0 bridgehead atoms. The molecule has 0 spiro atoms. The molecular formula is C10H9BN2O. The minimum absolute atomic E-state index is 0.377. The van der Waals surface area contributed by atoms with Gasteiger partial charge in [0.25, 0.3) is 0 Å². The van der Waals surface area contributed by atoms with Gasteiger partial charge in [-0.05, 0) is 12.1 Å². The van der Waals surface area contributed by atoms with E-state index in [1.165, 1.54) is 0 Å². The van der Waals surface area contributed by atoms with Crippen molar-refractivity contribution in [3.63, 3.8) is 0 Å². The molecule has 68 valence electrons. The molecule has 0 unspecified atom stereocenters. The molecule has 2 rings (SSSR count). The summed E-state index contributed by atoms with van der Waals surface area (Å²) in [5, 5.41) is 0. The Bertz CT molecular complexity index is 402. The third-order valence-electron chi connectivity index (χ3n) is 1.71. The summed E-state index contributed by atoms with van der Waals surface area (Å²) in [6, 6.07) is 9.85. The van der Waals surface area contributed by atoms with Crippen LogP contribution in [0.1, 0.15) is 0 Å². The van der Waals surface area contributed by atoms with Gasteiger partial charge in [0.05, 0.1) is 0 Å². The maximum absolute atomic E-state index is 5.41. The predicted molar refractivity (Wildman–Crippen MR) is 56.7 cm³/mol. The van der Waals surface area contributed by atoms with E-state index >= 15 is 0 Å². The molecule has 4 heteroatoms. The first-order valence-electron chi connectivity index (χ1n) is 4.36. The van der Waals surface area contributed by atoms with Gasteiger partial charge in [-0.2, -0.15) is 0 Å². The third-order valence-corrected chi connectivity index (χ3v) is 1.71. The SMILES string of the molecule is Bc1cnc(Oc2ccccc2)nc1. The highest BCUT2D eigenvalue weighted by Crippen LogP contribution is 2.14. The number of hydrogen-bond donors (Lipinski definition) is 0. The first kappa shape index (κ1) is 8.75. The molecule has 1 aromatic carbocycles. The van der Waals surface area contributed by atoms with E-state index in [1.807, 2.05) is 38.2 Å². The second kappa shape index (κ2) is 3.92. The molecule has 0 N–H and O–H groups in total. The van der Waals surface area contributed by atoms with E-state index < -0.39 is 0 Å². The van der Waals surface area contributed by atoms with Crippen molar-refractivity contribution in [2.45, 2.75) is 0 Å². The molecule has 0 atom stereocenters. The van der Waals surface area contributed by atoms with E-state index in [0.717, 1.165) is 11.2 Å². The average Bonchev–Trinajstić information content (AvgIpc) is 2.23. The lowest BCUT2D eigenvalue weighted by Crippen LogP contribution is -2.04. The zero-order valence-corrected chi connectivity index (χ0v) is 7.84. The molecule has 14 heavy (non-hydrogen) atoms. The number of ether oxygens (including phenoxy) is 1. The number of benzene rings is 1. The molecule has 0 amide bonds. The highest BCUT2D eigenvalue weighted by atomic mass is 16.5. The van der Waals surface area contributed by atoms with E-state index in [1.54, 1.807) is 12.4 Å². The number of nitrogens with zero attached hydrogens (tertiary/aromatic N) is 2. The molecule has 0 aliphatic carbocycles. The fourth-order valence-electron chi connectivity index (χ4n) is 1.03. The maximum Gasteiger partial charge on any atom is 0.321 e. The Labute approximate surface area is 83.2 Å². The van der Waals surface area contributed by atoms with Gasteiger partial charge in [-0.3, -0.25) is 0 Å². The van der Waals surface area contributed by atoms with Crippen LogP contribution in [0.4, 0.5) is 0 Å². The Morgan fingerprint density at radius 2 is 1.64 bits per heavy atom. The lowest BCUT2D eigenvalue weighted by molar-refractivity contribution is 0.442. The molecule has 0 saturated heterocycles. The van der Waals surface area contributed by atoms with Crippen LogP contribution in [0, 0.1) is 0 Å². The highest BCUT2D eigenvalue weighted by Gasteiger charge is 1.97. The van der Waals surface area contributed by atoms with Gasteiger partial charge in [0, 0.05) is 12.4 Å². The standard InChI is InChI=1S/C10H9BN2O/c11-8-6-12-10(13-7-8)14-9-4-2-1-3-5-9/h1-7H,11H2. The summed E-state index contributed by atoms with van der Waals surface area (Å²) in [6.07, 6.45) is 3.45. The van der Waals surface area contributed by atoms with E-state index in [9.17, 15) is 0 Å². The van der Waals surface area contributed by atoms with E-state index in [-0.39, 0.29) is 0 Å². The molecule has 0 aliphatic heterocycles. The second-order valence-electron chi connectivity index (χ2n) is 2.96. The summed E-state index contributed by atoms with van der Waals surface area (Å²) in [6.45, 7) is 0. The topological polar surface area (TPSA) is 35.0 Å². The van der Waals surface area contributed by atoms with Crippen molar-refractivity contribution in [2.75, 3.05) is 0 Å². The number of hydrogen-bond acceptors (Lipinski definition) is 3. The van der Waals surface area contributed by atoms with E-state index in [0.29, 0.717) is 6.01 Å². The van der Waals surface area contributed by atoms with Crippen LogP contribution >= 0.6 is 0 Å². The fraction of sp³-hybridized carbons (Fsp3) is 0. The fourth-order valence-corrected chi connectivity index (χ4v) is 1.03. The summed E-state index contributed by atoms with van der Waals surface area (Å²) >= 11 is 0. The second-order valence-corrected chi connectivity index (χ2v) is 2.96. The quantitative estimate of drug-likeness (QED) is 0.638. The van der Waals surface area contributed by atoms with Gasteiger partial charge in [-0.1, -0.05) is 23.7 Å². The number of rotatable bonds is 2. The predicted octanol–water partition coefficient (Wildman–Crippen LogP) is 0.527. The van der Waals surface area contributed by atoms with Gasteiger partial charge in [0.15, 0.2) is 0 Å². The first-order valence-corrected chi connectivity index (χ1v) is 4.36. The van der Waals surface area contributed by atoms with Crippen LogP contribution in [0.25, 0.3) is 0 Å². The maximum atomic E-state index is 5.41. The van der Waals surface area contributed by atoms with Gasteiger partial charge in [0.1, 0.15) is 13.6 Å². The molecule has 1 aromatic heterocycles. The lowest BCUT2D eigenvalue weighted by Gasteiger charge is -2.02. The van der Waals surface area contributed by atoms with E-state index in [2.05, 4.69) is 9.97 Å². The van der Waals surface area contributed by atoms with Crippen LogP contribution in [0.5, 0.6) is 11.8 Å². The van der Waals surface area contributed by atoms with Crippen molar-refractivity contribution in [3.8, 4) is 11.8 Å². The Morgan fingerprint density at radius 1 is 1.00 bits per heavy atom. The minimum Gasteiger partial charge on any atom is -0.424 e. The summed E-state index contributed by atoms with van der Waals surface area (Å²) in [5.74, 6) is 0.747. The van der Waals surface area contributed by atoms with Gasteiger partial charge in [-0.25, -0.2) is 9.97 Å². The zero-order valence-electron chi connectivity index (χ0n) is 7.84. The average molecular weight is 184 g/mol. The Morgan fingerprint density at radius 3 is 2.29 bits per heavy atom. The Hall–Kier alpha value is -1.84. The Balaban J connectivity index is 2.16. The molecule has 0 fully saturated rings. The summed E-state index contributed by atoms with van der Waals surface area (Å²) in [4.78, 5) is 8.08. The van der Waals surface area contributed by atoms with Crippen molar-refractivity contribution in [2.24, 2.45) is 0 Å². The molecule has 2 aromatic rings. The van der Waals surface area contributed by atoms with Crippen LogP contribution in [0.2, 0.25) is 0 Å². The molecule has 3 nitrogen and oxygen atoms in total. The van der Waals surface area contributed by atoms with E-state index in [4.69, 9.17) is 4.74 Å². The van der Waals surface area contributed by atoms with Crippen molar-refractivity contribution in [3.05, 3.63) is 42.7 Å². The smallest absolute Gasteiger partial charge is 0.321 e. The first-order chi connectivity index (χ1) is 6.84. The van der Waals surface area contributed by atoms with Gasteiger partial charge >= 0.3 is 6.01 Å². The van der Waals surface area contributed by atoms with Crippen LogP contribution in [0.3, 0.4) is 0 Å². The van der Waals surface area contributed by atoms with Crippen molar-refractivity contribution >= 4 is 13.3 Å². The molecule has 0 saturated carbocycles. The van der Waals surface area contributed by atoms with Crippen LogP contribution < -0.4 is 10.2 Å². The number of aromatic nitrogens is 2. The van der Waals surface area contributed by atoms with Gasteiger partial charge in [0.2, 0.25) is 0 Å². The lowest BCUT2D eigenvalue weighted by atomic mass is 10.0. The van der Waals surface area contributed by atoms with Crippen molar-refractivity contribution in [1.82, 2.24) is 9.97 Å². The normalized spacial score (nSPS) is 9.71. The molecule has 0 radical (unpaired) electrons. The van der Waals surface area contributed by atoms with Gasteiger partial charge in [-0.15, -0.1) is 0 Å². The van der Waals surface area contributed by atoms with Crippen molar-refractivity contribution in [1.29, 1.82) is 0 Å². The highest BCUT2D eigenvalue weighted by molar-refractivity contribution is 6.31. The summed E-state index contributed by atoms with van der Waals surface area (Å²) < 4.78 is 5.41. The summed E-state index contributed by atoms with van der Waals surface area (Å²) in [5.41, 5.74) is 1.02. The zero-order chi connectivity index (χ0) is 9.80. The molecular weight excluding hydrogens is 175 g/mol. The largest absolute Gasteiger partial charge is 0.424 e. The van der Waals surface area contributed by atoms with Gasteiger partial charge < -0.3 is 4.74 Å². The molecule has 1 heterocycles. The summed E-state index contributed by atoms with van der Waals surface area (Å²) in [7, 11) is 1.94. The van der Waals surface area contributed by atoms with Crippen LogP contribution in [0.15, 0.2) is 42.7 Å². The molecule has 0 aliphatic rings. The third kappa shape index (κ3) is 2.10.